The van der Waals surface area contributed by atoms with Crippen LogP contribution in [0.25, 0.3) is 0 Å². The van der Waals surface area contributed by atoms with Gasteiger partial charge in [-0.15, -0.1) is 10.2 Å². The van der Waals surface area contributed by atoms with Gasteiger partial charge in [-0.25, -0.2) is 4.79 Å². The summed E-state index contributed by atoms with van der Waals surface area (Å²) in [6.45, 7) is 2.48. The van der Waals surface area contributed by atoms with Crippen molar-refractivity contribution in [2.24, 2.45) is 7.05 Å². The number of hydrogen-bond acceptors (Lipinski definition) is 6. The molecule has 8 nitrogen and oxygen atoms in total. The molecule has 2 amide bonds. The molecule has 0 unspecified atom stereocenters. The Balaban J connectivity index is 1.90. The van der Waals surface area contributed by atoms with Gasteiger partial charge in [0.25, 0.3) is 0 Å². The lowest BCUT2D eigenvalue weighted by Crippen LogP contribution is -2.36. The highest BCUT2D eigenvalue weighted by Gasteiger charge is 2.17. The number of carbonyl (C=O) groups is 1. The smallest absolute Gasteiger partial charge is 0.321 e. The molecule has 0 aliphatic carbocycles. The summed E-state index contributed by atoms with van der Waals surface area (Å²) in [6.07, 6.45) is 4.57. The minimum Gasteiger partial charge on any atom is -0.336 e. The summed E-state index contributed by atoms with van der Waals surface area (Å²) in [6, 6.07) is -0.227. The number of amides is 2. The number of aryl methyl sites for hydroxylation is 2. The Kier molecular flexibility index (Phi) is 5.45. The van der Waals surface area contributed by atoms with Crippen molar-refractivity contribution in [3.8, 4) is 0 Å². The third-order valence-corrected chi connectivity index (χ3v) is 4.16. The van der Waals surface area contributed by atoms with Gasteiger partial charge in [0.05, 0.1) is 12.2 Å². The van der Waals surface area contributed by atoms with E-state index < -0.39 is 0 Å². The highest BCUT2D eigenvalue weighted by molar-refractivity contribution is 7.15. The SMILES string of the molecule is CCc1nnc(NC(=O)NC[C@H](c2cnn(C)c2)N(C)C)s1. The van der Waals surface area contributed by atoms with Crippen LogP contribution in [0, 0.1) is 0 Å². The van der Waals surface area contributed by atoms with Crippen LogP contribution in [-0.2, 0) is 13.5 Å². The molecule has 2 aromatic rings. The van der Waals surface area contributed by atoms with E-state index in [1.54, 1.807) is 4.68 Å². The number of nitrogens with zero attached hydrogens (tertiary/aromatic N) is 5. The van der Waals surface area contributed by atoms with Crippen molar-refractivity contribution in [1.82, 2.24) is 30.2 Å². The van der Waals surface area contributed by atoms with Gasteiger partial charge in [0, 0.05) is 25.4 Å². The van der Waals surface area contributed by atoms with Crippen LogP contribution in [0.2, 0.25) is 0 Å². The molecule has 0 fully saturated rings. The summed E-state index contributed by atoms with van der Waals surface area (Å²) in [7, 11) is 5.81. The monoisotopic (exact) mass is 323 g/mol. The number of carbonyl (C=O) groups excluding carboxylic acids is 1. The van der Waals surface area contributed by atoms with Gasteiger partial charge in [0.1, 0.15) is 5.01 Å². The summed E-state index contributed by atoms with van der Waals surface area (Å²) in [4.78, 5) is 14.0. The quantitative estimate of drug-likeness (QED) is 0.835. The topological polar surface area (TPSA) is 88.0 Å². The molecule has 1 atom stereocenters. The predicted octanol–water partition coefficient (Wildman–Crippen LogP) is 1.26. The molecule has 0 aliphatic rings. The van der Waals surface area contributed by atoms with E-state index in [2.05, 4.69) is 25.9 Å². The van der Waals surface area contributed by atoms with Crippen LogP contribution in [0.15, 0.2) is 12.4 Å². The maximum atomic E-state index is 12.0. The molecular formula is C13H21N7OS. The molecular weight excluding hydrogens is 302 g/mol. The van der Waals surface area contributed by atoms with Crippen molar-refractivity contribution < 1.29 is 4.79 Å². The van der Waals surface area contributed by atoms with Crippen LogP contribution in [-0.4, -0.2) is 51.5 Å². The second kappa shape index (κ2) is 7.32. The van der Waals surface area contributed by atoms with E-state index >= 15 is 0 Å². The van der Waals surface area contributed by atoms with Crippen LogP contribution in [0.3, 0.4) is 0 Å². The molecule has 0 saturated heterocycles. The first-order valence-electron chi connectivity index (χ1n) is 7.01. The zero-order valence-electron chi connectivity index (χ0n) is 13.2. The number of aromatic nitrogens is 4. The van der Waals surface area contributed by atoms with E-state index in [9.17, 15) is 4.79 Å². The fourth-order valence-electron chi connectivity index (χ4n) is 1.99. The lowest BCUT2D eigenvalue weighted by molar-refractivity contribution is 0.243. The van der Waals surface area contributed by atoms with Crippen LogP contribution in [0.5, 0.6) is 0 Å². The van der Waals surface area contributed by atoms with E-state index in [1.165, 1.54) is 11.3 Å². The number of urea groups is 1. The Bertz CT molecular complexity index is 621. The Labute approximate surface area is 133 Å². The first-order valence-corrected chi connectivity index (χ1v) is 7.83. The Hall–Kier alpha value is -2.00. The fourth-order valence-corrected chi connectivity index (χ4v) is 2.66. The second-order valence-electron chi connectivity index (χ2n) is 5.12. The molecule has 0 spiro atoms. The fraction of sp³-hybridized carbons (Fsp3) is 0.538. The van der Waals surface area contributed by atoms with Crippen molar-refractivity contribution in [2.45, 2.75) is 19.4 Å². The molecule has 2 rings (SSSR count). The maximum absolute atomic E-state index is 12.0. The molecule has 22 heavy (non-hydrogen) atoms. The van der Waals surface area contributed by atoms with Gasteiger partial charge in [-0.1, -0.05) is 18.3 Å². The molecule has 0 aromatic carbocycles. The number of likely N-dealkylation sites (N-methyl/N-ethyl adjacent to an activating group) is 1. The van der Waals surface area contributed by atoms with Gasteiger partial charge in [-0.05, 0) is 20.5 Å². The van der Waals surface area contributed by atoms with E-state index in [0.29, 0.717) is 11.7 Å². The first-order chi connectivity index (χ1) is 10.5. The van der Waals surface area contributed by atoms with E-state index in [0.717, 1.165) is 17.0 Å². The maximum Gasteiger partial charge on any atom is 0.321 e. The van der Waals surface area contributed by atoms with Crippen molar-refractivity contribution >= 4 is 22.5 Å². The van der Waals surface area contributed by atoms with Gasteiger partial charge in [-0.3, -0.25) is 10.00 Å². The van der Waals surface area contributed by atoms with Crippen LogP contribution < -0.4 is 10.6 Å². The number of anilines is 1. The average Bonchev–Trinajstić information content (AvgIpc) is 3.08. The molecule has 9 heteroatoms. The van der Waals surface area contributed by atoms with Crippen LogP contribution in [0.4, 0.5) is 9.93 Å². The second-order valence-corrected chi connectivity index (χ2v) is 6.18. The average molecular weight is 323 g/mol. The molecule has 120 valence electrons. The third kappa shape index (κ3) is 4.25. The van der Waals surface area contributed by atoms with Crippen molar-refractivity contribution in [3.63, 3.8) is 0 Å². The van der Waals surface area contributed by atoms with E-state index in [-0.39, 0.29) is 12.1 Å². The summed E-state index contributed by atoms with van der Waals surface area (Å²) in [5, 5.41) is 19.0. The molecule has 0 bridgehead atoms. The lowest BCUT2D eigenvalue weighted by atomic mass is 10.1. The molecule has 0 radical (unpaired) electrons. The zero-order chi connectivity index (χ0) is 16.1. The van der Waals surface area contributed by atoms with Gasteiger partial charge in [-0.2, -0.15) is 5.10 Å². The van der Waals surface area contributed by atoms with Gasteiger partial charge >= 0.3 is 6.03 Å². The summed E-state index contributed by atoms with van der Waals surface area (Å²) >= 11 is 1.38. The Morgan fingerprint density at radius 1 is 1.45 bits per heavy atom. The normalized spacial score (nSPS) is 12.4. The highest BCUT2D eigenvalue weighted by Crippen LogP contribution is 2.17. The number of rotatable bonds is 6. The lowest BCUT2D eigenvalue weighted by Gasteiger charge is -2.23. The van der Waals surface area contributed by atoms with Gasteiger partial charge in [0.15, 0.2) is 0 Å². The van der Waals surface area contributed by atoms with Gasteiger partial charge < -0.3 is 10.2 Å². The Morgan fingerprint density at radius 3 is 2.77 bits per heavy atom. The van der Waals surface area contributed by atoms with Crippen molar-refractivity contribution in [2.75, 3.05) is 26.0 Å². The van der Waals surface area contributed by atoms with Crippen LogP contribution in [0.1, 0.15) is 23.5 Å². The zero-order valence-corrected chi connectivity index (χ0v) is 14.0. The van der Waals surface area contributed by atoms with Gasteiger partial charge in [0.2, 0.25) is 5.13 Å². The summed E-state index contributed by atoms with van der Waals surface area (Å²) in [5.41, 5.74) is 1.05. The third-order valence-electron chi connectivity index (χ3n) is 3.18. The standard InChI is InChI=1S/C13H21N7OS/c1-5-11-17-18-13(22-11)16-12(21)14-7-10(19(2)3)9-6-15-20(4)8-9/h6,8,10H,5,7H2,1-4H3,(H2,14,16,18,21)/t10-/m1/s1. The Morgan fingerprint density at radius 2 is 2.23 bits per heavy atom. The molecule has 0 saturated carbocycles. The molecule has 0 aliphatic heterocycles. The van der Waals surface area contributed by atoms with Crippen molar-refractivity contribution in [1.29, 1.82) is 0 Å². The highest BCUT2D eigenvalue weighted by atomic mass is 32.1. The largest absolute Gasteiger partial charge is 0.336 e. The van der Waals surface area contributed by atoms with E-state index in [4.69, 9.17) is 0 Å². The summed E-state index contributed by atoms with van der Waals surface area (Å²) in [5.74, 6) is 0. The predicted molar refractivity (Wildman–Crippen MR) is 85.9 cm³/mol. The van der Waals surface area contributed by atoms with Crippen molar-refractivity contribution in [3.05, 3.63) is 23.0 Å². The van der Waals surface area contributed by atoms with Crippen LogP contribution >= 0.6 is 11.3 Å². The minimum atomic E-state index is -0.283. The number of hydrogen-bond donors (Lipinski definition) is 2. The first kappa shape index (κ1) is 16.4. The summed E-state index contributed by atoms with van der Waals surface area (Å²) < 4.78 is 1.75. The molecule has 2 N–H and O–H groups in total. The molecule has 2 heterocycles. The molecule has 2 aromatic heterocycles. The minimum absolute atomic E-state index is 0.0556. The number of nitrogens with one attached hydrogen (secondary N) is 2. The van der Waals surface area contributed by atoms with E-state index in [1.807, 2.05) is 45.4 Å².